The lowest BCUT2D eigenvalue weighted by Crippen LogP contribution is -2.44. The fourth-order valence-electron chi connectivity index (χ4n) is 3.85. The number of ether oxygens (including phenoxy) is 2. The quantitative estimate of drug-likeness (QED) is 0.551. The molecular weight excluding hydrogens is 378 g/mol. The molecule has 0 fully saturated rings. The van der Waals surface area contributed by atoms with E-state index in [1.165, 1.54) is 16.8 Å². The Morgan fingerprint density at radius 2 is 1.93 bits per heavy atom. The summed E-state index contributed by atoms with van der Waals surface area (Å²) in [4.78, 5) is 14.4. The summed E-state index contributed by atoms with van der Waals surface area (Å²) >= 11 is 0. The first-order chi connectivity index (χ1) is 14.4. The molecule has 0 atom stereocenters. The molecule has 1 heterocycles. The van der Waals surface area contributed by atoms with Crippen LogP contribution in [-0.4, -0.2) is 37.9 Å². The predicted molar refractivity (Wildman–Crippen MR) is 121 cm³/mol. The number of methoxy groups -OCH3 is 1. The second-order valence-electron chi connectivity index (χ2n) is 7.73. The van der Waals surface area contributed by atoms with Crippen molar-refractivity contribution >= 4 is 23.4 Å². The molecule has 30 heavy (non-hydrogen) atoms. The molecule has 0 unspecified atom stereocenters. The minimum atomic E-state index is -0.342. The van der Waals surface area contributed by atoms with Crippen LogP contribution in [0.2, 0.25) is 0 Å². The number of allylic oxidation sites excluding steroid dienone is 1. The normalized spacial score (nSPS) is 14.8. The zero-order valence-electron chi connectivity index (χ0n) is 18.2. The first kappa shape index (κ1) is 21.4. The predicted octanol–water partition coefficient (Wildman–Crippen LogP) is 4.25. The smallest absolute Gasteiger partial charge is 0.277 e. The van der Waals surface area contributed by atoms with E-state index in [0.717, 1.165) is 12.1 Å². The van der Waals surface area contributed by atoms with Crippen LogP contribution < -0.4 is 19.8 Å². The molecule has 1 aliphatic rings. The Morgan fingerprint density at radius 1 is 1.20 bits per heavy atom. The minimum Gasteiger partial charge on any atom is -0.493 e. The van der Waals surface area contributed by atoms with E-state index in [9.17, 15) is 4.79 Å². The lowest BCUT2D eigenvalue weighted by atomic mass is 9.88. The zero-order chi connectivity index (χ0) is 21.7. The van der Waals surface area contributed by atoms with Crippen molar-refractivity contribution in [3.05, 3.63) is 59.7 Å². The van der Waals surface area contributed by atoms with E-state index in [-0.39, 0.29) is 18.1 Å². The SMILES string of the molecule is CCN1c2ccc(/C=N/NC(=O)COc3ccccc3OC)cc2C(C)=CC1(C)C. The van der Waals surface area contributed by atoms with Crippen LogP contribution in [0.5, 0.6) is 11.5 Å². The van der Waals surface area contributed by atoms with Gasteiger partial charge in [-0.1, -0.05) is 24.3 Å². The fourth-order valence-corrected chi connectivity index (χ4v) is 3.85. The van der Waals surface area contributed by atoms with Crippen LogP contribution >= 0.6 is 0 Å². The Kier molecular flexibility index (Phi) is 6.45. The molecule has 2 aromatic rings. The van der Waals surface area contributed by atoms with Crippen molar-refractivity contribution < 1.29 is 14.3 Å². The van der Waals surface area contributed by atoms with Gasteiger partial charge < -0.3 is 14.4 Å². The largest absolute Gasteiger partial charge is 0.493 e. The maximum atomic E-state index is 12.0. The van der Waals surface area contributed by atoms with Crippen molar-refractivity contribution in [3.63, 3.8) is 0 Å². The standard InChI is InChI=1S/C24H29N3O3/c1-6-27-20-12-11-18(13-19(20)17(2)14-24(27,3)4)15-25-26-23(28)16-30-22-10-8-7-9-21(22)29-5/h7-15H,6,16H2,1-5H3,(H,26,28)/b25-15+. The number of hydrogen-bond acceptors (Lipinski definition) is 5. The van der Waals surface area contributed by atoms with Gasteiger partial charge in [0.15, 0.2) is 18.1 Å². The van der Waals surface area contributed by atoms with Crippen LogP contribution in [-0.2, 0) is 4.79 Å². The Labute approximate surface area is 178 Å². The van der Waals surface area contributed by atoms with E-state index in [0.29, 0.717) is 11.5 Å². The number of benzene rings is 2. The third kappa shape index (κ3) is 4.64. The Morgan fingerprint density at radius 3 is 2.63 bits per heavy atom. The van der Waals surface area contributed by atoms with Crippen LogP contribution in [0.1, 0.15) is 38.8 Å². The van der Waals surface area contributed by atoms with Crippen LogP contribution in [0, 0.1) is 0 Å². The average molecular weight is 408 g/mol. The minimum absolute atomic E-state index is 0.0170. The number of carbonyl (C=O) groups excluding carboxylic acids is 1. The summed E-state index contributed by atoms with van der Waals surface area (Å²) in [5, 5.41) is 4.07. The van der Waals surface area contributed by atoms with Gasteiger partial charge in [-0.2, -0.15) is 5.10 Å². The first-order valence-electron chi connectivity index (χ1n) is 10.0. The molecule has 3 rings (SSSR count). The molecule has 6 nitrogen and oxygen atoms in total. The summed E-state index contributed by atoms with van der Waals surface area (Å²) < 4.78 is 10.7. The fraction of sp³-hybridized carbons (Fsp3) is 0.333. The van der Waals surface area contributed by atoms with Gasteiger partial charge in [-0.25, -0.2) is 5.43 Å². The van der Waals surface area contributed by atoms with E-state index >= 15 is 0 Å². The number of anilines is 1. The first-order valence-corrected chi connectivity index (χ1v) is 10.0. The Bertz CT molecular complexity index is 979. The van der Waals surface area contributed by atoms with E-state index in [1.807, 2.05) is 18.2 Å². The molecule has 0 bridgehead atoms. The highest BCUT2D eigenvalue weighted by molar-refractivity contribution is 5.88. The van der Waals surface area contributed by atoms with Gasteiger partial charge >= 0.3 is 0 Å². The number of amides is 1. The highest BCUT2D eigenvalue weighted by atomic mass is 16.5. The topological polar surface area (TPSA) is 63.2 Å². The van der Waals surface area contributed by atoms with Crippen molar-refractivity contribution in [1.29, 1.82) is 0 Å². The number of nitrogens with one attached hydrogen (secondary N) is 1. The molecule has 0 radical (unpaired) electrons. The molecule has 0 spiro atoms. The molecule has 0 aliphatic carbocycles. The van der Waals surface area contributed by atoms with Crippen LogP contribution in [0.25, 0.3) is 5.57 Å². The lowest BCUT2D eigenvalue weighted by Gasteiger charge is -2.42. The average Bonchev–Trinajstić information content (AvgIpc) is 2.72. The molecule has 1 aliphatic heterocycles. The van der Waals surface area contributed by atoms with Crippen molar-refractivity contribution in [1.82, 2.24) is 5.43 Å². The van der Waals surface area contributed by atoms with Crippen LogP contribution in [0.4, 0.5) is 5.69 Å². The van der Waals surface area contributed by atoms with Crippen LogP contribution in [0.15, 0.2) is 53.6 Å². The number of hydrazone groups is 1. The van der Waals surface area contributed by atoms with Gasteiger partial charge in [-0.3, -0.25) is 4.79 Å². The highest BCUT2D eigenvalue weighted by Gasteiger charge is 2.29. The van der Waals surface area contributed by atoms with Crippen molar-refractivity contribution in [2.75, 3.05) is 25.2 Å². The van der Waals surface area contributed by atoms with Crippen molar-refractivity contribution in [2.24, 2.45) is 5.10 Å². The van der Waals surface area contributed by atoms with E-state index in [2.05, 4.69) is 61.3 Å². The van der Waals surface area contributed by atoms with E-state index in [4.69, 9.17) is 9.47 Å². The maximum absolute atomic E-state index is 12.0. The summed E-state index contributed by atoms with van der Waals surface area (Å²) in [7, 11) is 1.56. The van der Waals surface area contributed by atoms with Crippen molar-refractivity contribution in [3.8, 4) is 11.5 Å². The monoisotopic (exact) mass is 407 g/mol. The number of carbonyl (C=O) groups is 1. The number of fused-ring (bicyclic) bond motifs is 1. The molecular formula is C24H29N3O3. The molecule has 0 saturated carbocycles. The summed E-state index contributed by atoms with van der Waals surface area (Å²) in [6.07, 6.45) is 3.93. The summed E-state index contributed by atoms with van der Waals surface area (Å²) in [5.41, 5.74) is 7.05. The van der Waals surface area contributed by atoms with Gasteiger partial charge in [0.05, 0.1) is 18.9 Å². The molecule has 1 N–H and O–H groups in total. The van der Waals surface area contributed by atoms with E-state index < -0.39 is 0 Å². The third-order valence-corrected chi connectivity index (χ3v) is 5.15. The molecule has 0 saturated heterocycles. The maximum Gasteiger partial charge on any atom is 0.277 e. The highest BCUT2D eigenvalue weighted by Crippen LogP contribution is 2.38. The lowest BCUT2D eigenvalue weighted by molar-refractivity contribution is -0.123. The number of rotatable bonds is 7. The summed E-state index contributed by atoms with van der Waals surface area (Å²) in [6.45, 7) is 9.52. The Balaban J connectivity index is 1.63. The van der Waals surface area contributed by atoms with Gasteiger partial charge in [0.25, 0.3) is 5.91 Å². The van der Waals surface area contributed by atoms with Gasteiger partial charge in [0.1, 0.15) is 0 Å². The van der Waals surface area contributed by atoms with Gasteiger partial charge in [0, 0.05) is 17.8 Å². The Hall–Kier alpha value is -3.28. The molecule has 1 amide bonds. The zero-order valence-corrected chi connectivity index (χ0v) is 18.2. The van der Waals surface area contributed by atoms with Gasteiger partial charge in [0.2, 0.25) is 0 Å². The third-order valence-electron chi connectivity index (χ3n) is 5.15. The summed E-state index contributed by atoms with van der Waals surface area (Å²) in [5.74, 6) is 0.750. The van der Waals surface area contributed by atoms with Gasteiger partial charge in [-0.05, 0) is 63.1 Å². The second kappa shape index (κ2) is 9.03. The van der Waals surface area contributed by atoms with E-state index in [1.54, 1.807) is 25.5 Å². The van der Waals surface area contributed by atoms with Gasteiger partial charge in [-0.15, -0.1) is 0 Å². The molecule has 0 aromatic heterocycles. The second-order valence-corrected chi connectivity index (χ2v) is 7.73. The number of para-hydroxylation sites is 2. The molecule has 6 heteroatoms. The number of likely N-dealkylation sites (N-methyl/N-ethyl adjacent to an activating group) is 1. The molecule has 158 valence electrons. The molecule has 2 aromatic carbocycles. The number of hydrogen-bond donors (Lipinski definition) is 1. The summed E-state index contributed by atoms with van der Waals surface area (Å²) in [6, 6.07) is 13.4. The number of nitrogens with zero attached hydrogens (tertiary/aromatic N) is 2. The van der Waals surface area contributed by atoms with Crippen LogP contribution in [0.3, 0.4) is 0 Å². The van der Waals surface area contributed by atoms with Crippen molar-refractivity contribution in [2.45, 2.75) is 33.2 Å².